The van der Waals surface area contributed by atoms with Crippen molar-refractivity contribution in [1.82, 2.24) is 0 Å². The molecule has 1 aromatic carbocycles. The highest BCUT2D eigenvalue weighted by Gasteiger charge is 2.17. The Morgan fingerprint density at radius 3 is 2.62 bits per heavy atom. The number of benzene rings is 1. The maximum atomic E-state index is 10.5. The van der Waals surface area contributed by atoms with Crippen LogP contribution in [-0.4, -0.2) is 4.92 Å². The zero-order valence-corrected chi connectivity index (χ0v) is 9.93. The van der Waals surface area contributed by atoms with Gasteiger partial charge in [0.15, 0.2) is 0 Å². The smallest absolute Gasteiger partial charge is 0.258 e. The molecule has 0 amide bonds. The number of nitro benzene ring substituents is 1. The molecule has 0 saturated carbocycles. The third-order valence-corrected chi connectivity index (χ3v) is 3.20. The van der Waals surface area contributed by atoms with E-state index in [0.717, 1.165) is 3.57 Å². The summed E-state index contributed by atoms with van der Waals surface area (Å²) in [7, 11) is 0. The molecular formula is C7H4Cl2INO2. The molecule has 0 spiro atoms. The lowest BCUT2D eigenvalue weighted by Crippen LogP contribution is -1.94. The first kappa shape index (κ1) is 11.0. The molecule has 3 nitrogen and oxygen atoms in total. The topological polar surface area (TPSA) is 43.1 Å². The quantitative estimate of drug-likeness (QED) is 0.360. The first-order valence-corrected chi connectivity index (χ1v) is 5.24. The van der Waals surface area contributed by atoms with Gasteiger partial charge in [-0.15, -0.1) is 11.6 Å². The van der Waals surface area contributed by atoms with Gasteiger partial charge in [0.2, 0.25) is 0 Å². The third kappa shape index (κ3) is 2.24. The first-order chi connectivity index (χ1) is 6.07. The van der Waals surface area contributed by atoms with Crippen LogP contribution in [0, 0.1) is 13.7 Å². The molecule has 6 heteroatoms. The fourth-order valence-corrected chi connectivity index (χ4v) is 2.52. The van der Waals surface area contributed by atoms with Crippen LogP contribution in [0.5, 0.6) is 0 Å². The molecule has 0 fully saturated rings. The Labute approximate surface area is 98.3 Å². The molecule has 0 bridgehead atoms. The maximum absolute atomic E-state index is 10.5. The minimum atomic E-state index is -0.519. The van der Waals surface area contributed by atoms with E-state index in [-0.39, 0.29) is 16.6 Å². The highest BCUT2D eigenvalue weighted by atomic mass is 127. The van der Waals surface area contributed by atoms with Crippen molar-refractivity contribution < 1.29 is 4.92 Å². The summed E-state index contributed by atoms with van der Waals surface area (Å²) in [4.78, 5) is 9.96. The first-order valence-electron chi connectivity index (χ1n) is 3.25. The van der Waals surface area contributed by atoms with Gasteiger partial charge in [0.05, 0.1) is 10.8 Å². The highest BCUT2D eigenvalue weighted by Crippen LogP contribution is 2.32. The predicted octanol–water partition coefficient (Wildman–Crippen LogP) is 3.59. The largest absolute Gasteiger partial charge is 0.288 e. The van der Waals surface area contributed by atoms with Gasteiger partial charge in [-0.25, -0.2) is 0 Å². The Bertz CT molecular complexity index is 357. The van der Waals surface area contributed by atoms with Crippen molar-refractivity contribution in [3.8, 4) is 0 Å². The molecule has 0 atom stereocenters. The molecule has 0 aliphatic heterocycles. The van der Waals surface area contributed by atoms with Gasteiger partial charge >= 0.3 is 0 Å². The number of nitro groups is 1. The van der Waals surface area contributed by atoms with Crippen molar-refractivity contribution in [3.63, 3.8) is 0 Å². The van der Waals surface area contributed by atoms with E-state index in [1.54, 1.807) is 6.07 Å². The minimum Gasteiger partial charge on any atom is -0.258 e. The predicted molar refractivity (Wildman–Crippen MR) is 60.4 cm³/mol. The van der Waals surface area contributed by atoms with Crippen molar-refractivity contribution in [2.45, 2.75) is 5.88 Å². The van der Waals surface area contributed by atoms with Crippen LogP contribution in [0.1, 0.15) is 5.56 Å². The molecule has 0 saturated heterocycles. The van der Waals surface area contributed by atoms with Gasteiger partial charge in [0.1, 0.15) is 5.02 Å². The SMILES string of the molecule is O=[N+]([O-])c1ccc(I)c(CCl)c1Cl. The molecule has 0 radical (unpaired) electrons. The van der Waals surface area contributed by atoms with Gasteiger partial charge in [-0.1, -0.05) is 11.6 Å². The third-order valence-electron chi connectivity index (χ3n) is 1.50. The summed E-state index contributed by atoms with van der Waals surface area (Å²) in [6, 6.07) is 3.00. The van der Waals surface area contributed by atoms with Gasteiger partial charge in [-0.3, -0.25) is 10.1 Å². The molecule has 0 aliphatic rings. The van der Waals surface area contributed by atoms with Crippen molar-refractivity contribution in [2.75, 3.05) is 0 Å². The van der Waals surface area contributed by atoms with E-state index in [1.807, 2.05) is 22.6 Å². The summed E-state index contributed by atoms with van der Waals surface area (Å²) < 4.78 is 0.836. The maximum Gasteiger partial charge on any atom is 0.288 e. The number of nitrogens with zero attached hydrogens (tertiary/aromatic N) is 1. The van der Waals surface area contributed by atoms with E-state index in [9.17, 15) is 10.1 Å². The molecule has 70 valence electrons. The van der Waals surface area contributed by atoms with Crippen molar-refractivity contribution >= 4 is 51.5 Å². The molecule has 0 aromatic heterocycles. The number of hydrogen-bond acceptors (Lipinski definition) is 2. The standard InChI is InChI=1S/C7H4Cl2INO2/c8-3-4-5(10)1-2-6(7(4)9)11(12)13/h1-2H,3H2. The number of alkyl halides is 1. The van der Waals surface area contributed by atoms with Crippen LogP contribution < -0.4 is 0 Å². The lowest BCUT2D eigenvalue weighted by molar-refractivity contribution is -0.384. The normalized spacial score (nSPS) is 10.1. The lowest BCUT2D eigenvalue weighted by Gasteiger charge is -2.03. The van der Waals surface area contributed by atoms with E-state index in [1.165, 1.54) is 6.07 Å². The molecule has 1 aromatic rings. The monoisotopic (exact) mass is 331 g/mol. The molecule has 0 heterocycles. The zero-order valence-electron chi connectivity index (χ0n) is 6.26. The zero-order chi connectivity index (χ0) is 10.0. The summed E-state index contributed by atoms with van der Waals surface area (Å²) in [5, 5.41) is 10.6. The summed E-state index contributed by atoms with van der Waals surface area (Å²) >= 11 is 13.4. The summed E-state index contributed by atoms with van der Waals surface area (Å²) in [5.74, 6) is 0.179. The van der Waals surface area contributed by atoms with Crippen LogP contribution in [0.4, 0.5) is 5.69 Å². The molecule has 13 heavy (non-hydrogen) atoms. The number of hydrogen-bond donors (Lipinski definition) is 0. The molecule has 0 unspecified atom stereocenters. The van der Waals surface area contributed by atoms with Crippen molar-refractivity contribution in [3.05, 3.63) is 36.4 Å². The Morgan fingerprint density at radius 1 is 1.54 bits per heavy atom. The average Bonchev–Trinajstić information content (AvgIpc) is 2.04. The molecular weight excluding hydrogens is 328 g/mol. The van der Waals surface area contributed by atoms with Crippen LogP contribution in [0.2, 0.25) is 5.02 Å². The van der Waals surface area contributed by atoms with Crippen LogP contribution in [0.15, 0.2) is 12.1 Å². The Kier molecular flexibility index (Phi) is 3.75. The van der Waals surface area contributed by atoms with E-state index >= 15 is 0 Å². The van der Waals surface area contributed by atoms with E-state index in [2.05, 4.69) is 0 Å². The van der Waals surface area contributed by atoms with Crippen LogP contribution in [0.3, 0.4) is 0 Å². The minimum absolute atomic E-state index is 0.0993. The van der Waals surface area contributed by atoms with E-state index < -0.39 is 4.92 Å². The summed E-state index contributed by atoms with van der Waals surface area (Å²) in [6.45, 7) is 0. The average molecular weight is 332 g/mol. The van der Waals surface area contributed by atoms with Crippen LogP contribution in [-0.2, 0) is 5.88 Å². The van der Waals surface area contributed by atoms with Gasteiger partial charge in [-0.2, -0.15) is 0 Å². The lowest BCUT2D eigenvalue weighted by atomic mass is 10.2. The second-order valence-electron chi connectivity index (χ2n) is 2.25. The van der Waals surface area contributed by atoms with Crippen LogP contribution in [0.25, 0.3) is 0 Å². The molecule has 1 rings (SSSR count). The van der Waals surface area contributed by atoms with Crippen molar-refractivity contribution in [1.29, 1.82) is 0 Å². The highest BCUT2D eigenvalue weighted by molar-refractivity contribution is 14.1. The van der Waals surface area contributed by atoms with E-state index in [0.29, 0.717) is 5.56 Å². The van der Waals surface area contributed by atoms with Gasteiger partial charge < -0.3 is 0 Å². The fourth-order valence-electron chi connectivity index (χ4n) is 0.849. The summed E-state index contributed by atoms with van der Waals surface area (Å²) in [6.07, 6.45) is 0. The Hall–Kier alpha value is -0.0700. The second-order valence-corrected chi connectivity index (χ2v) is 4.06. The van der Waals surface area contributed by atoms with Gasteiger partial charge in [0, 0.05) is 15.2 Å². The van der Waals surface area contributed by atoms with E-state index in [4.69, 9.17) is 23.2 Å². The summed E-state index contributed by atoms with van der Waals surface area (Å²) in [5.41, 5.74) is 0.510. The van der Waals surface area contributed by atoms with Crippen LogP contribution >= 0.6 is 45.8 Å². The second kappa shape index (κ2) is 4.43. The fraction of sp³-hybridized carbons (Fsp3) is 0.143. The Balaban J connectivity index is 3.35. The van der Waals surface area contributed by atoms with Crippen molar-refractivity contribution in [2.24, 2.45) is 0 Å². The number of rotatable bonds is 2. The molecule has 0 N–H and O–H groups in total. The van der Waals surface area contributed by atoms with Gasteiger partial charge in [0.25, 0.3) is 5.69 Å². The molecule has 0 aliphatic carbocycles. The number of halogens is 3. The van der Waals surface area contributed by atoms with Gasteiger partial charge in [-0.05, 0) is 28.7 Å². The Morgan fingerprint density at radius 2 is 2.15 bits per heavy atom.